The summed E-state index contributed by atoms with van der Waals surface area (Å²) in [5, 5.41) is 9.60. The highest BCUT2D eigenvalue weighted by molar-refractivity contribution is 9.09. The van der Waals surface area contributed by atoms with E-state index in [4.69, 9.17) is 11.6 Å². The molecule has 18 heavy (non-hydrogen) atoms. The Kier molecular flexibility index (Phi) is 7.36. The Bertz CT molecular complexity index is 404. The van der Waals surface area contributed by atoms with E-state index in [0.29, 0.717) is 0 Å². The van der Waals surface area contributed by atoms with Gasteiger partial charge in [0.15, 0.2) is 0 Å². The molecule has 0 amide bonds. The average Bonchev–Trinajstić information content (AvgIpc) is 2.64. The molecule has 0 radical (unpaired) electrons. The minimum Gasteiger partial charge on any atom is -0.750 e. The van der Waals surface area contributed by atoms with E-state index >= 15 is 0 Å². The molecule has 1 aliphatic rings. The monoisotopic (exact) mass is 355 g/mol. The third-order valence-electron chi connectivity index (χ3n) is 2.39. The van der Waals surface area contributed by atoms with Gasteiger partial charge in [-0.3, -0.25) is 4.18 Å². The summed E-state index contributed by atoms with van der Waals surface area (Å²) in [6.45, 7) is 0.0532. The van der Waals surface area contributed by atoms with Gasteiger partial charge in [0, 0.05) is 10.7 Å². The Balaban J connectivity index is 0.000000203. The van der Waals surface area contributed by atoms with Gasteiger partial charge in [0.25, 0.3) is 0 Å². The summed E-state index contributed by atoms with van der Waals surface area (Å²) in [4.78, 5) is 0.208. The quantitative estimate of drug-likeness (QED) is 0.665. The molecule has 0 aromatic heterocycles. The van der Waals surface area contributed by atoms with E-state index in [9.17, 15) is 13.9 Å². The van der Waals surface area contributed by atoms with Gasteiger partial charge in [-0.1, -0.05) is 40.2 Å². The zero-order chi connectivity index (χ0) is 13.5. The molecular formula is C11H13BrClO4S-. The first-order valence-corrected chi connectivity index (χ1v) is 7.69. The zero-order valence-corrected chi connectivity index (χ0v) is 12.6. The minimum atomic E-state index is -2.40. The van der Waals surface area contributed by atoms with Crippen molar-refractivity contribution >= 4 is 38.9 Å². The lowest BCUT2D eigenvalue weighted by molar-refractivity contribution is 0.187. The average molecular weight is 357 g/mol. The number of halogens is 2. The SMILES string of the molecule is O=S([O-])OCCCl.OC1c2ccccc2CC1Br. The highest BCUT2D eigenvalue weighted by atomic mass is 79.9. The van der Waals surface area contributed by atoms with Crippen LogP contribution in [0.3, 0.4) is 0 Å². The summed E-state index contributed by atoms with van der Waals surface area (Å²) in [6.07, 6.45) is 0.628. The Labute approximate surface area is 122 Å². The molecule has 4 nitrogen and oxygen atoms in total. The van der Waals surface area contributed by atoms with E-state index in [0.717, 1.165) is 12.0 Å². The Morgan fingerprint density at radius 2 is 2.22 bits per heavy atom. The lowest BCUT2D eigenvalue weighted by Gasteiger charge is -2.05. The van der Waals surface area contributed by atoms with Crippen molar-refractivity contribution in [3.63, 3.8) is 0 Å². The fourth-order valence-corrected chi connectivity index (χ4v) is 2.65. The summed E-state index contributed by atoms with van der Waals surface area (Å²) >= 11 is 6.08. The first-order valence-electron chi connectivity index (χ1n) is 5.24. The van der Waals surface area contributed by atoms with Crippen LogP contribution in [0, 0.1) is 0 Å². The number of alkyl halides is 2. The van der Waals surface area contributed by atoms with Gasteiger partial charge in [0.2, 0.25) is 0 Å². The molecule has 1 aliphatic carbocycles. The zero-order valence-electron chi connectivity index (χ0n) is 9.42. The molecule has 1 aromatic rings. The number of hydrogen-bond donors (Lipinski definition) is 1. The molecule has 0 bridgehead atoms. The standard InChI is InChI=1S/C9H9BrO.C2H5ClO3S/c10-8-5-6-3-1-2-4-7(6)9(8)11;3-1-2-6-7(4)5/h1-4,8-9,11H,5H2;1-2H2,(H,4,5)/p-1. The number of rotatable bonds is 3. The molecule has 3 atom stereocenters. The van der Waals surface area contributed by atoms with E-state index in [1.165, 1.54) is 5.56 Å². The Hall–Kier alpha value is 0.0200. The van der Waals surface area contributed by atoms with Crippen LogP contribution in [0.1, 0.15) is 17.2 Å². The lowest BCUT2D eigenvalue weighted by Crippen LogP contribution is -2.03. The first kappa shape index (κ1) is 16.1. The van der Waals surface area contributed by atoms with Gasteiger partial charge < -0.3 is 9.66 Å². The molecule has 1 aromatic carbocycles. The predicted molar refractivity (Wildman–Crippen MR) is 73.4 cm³/mol. The van der Waals surface area contributed by atoms with Crippen molar-refractivity contribution < 1.29 is 18.1 Å². The number of fused-ring (bicyclic) bond motifs is 1. The molecular weight excluding hydrogens is 344 g/mol. The maximum atomic E-state index is 9.60. The fraction of sp³-hybridized carbons (Fsp3) is 0.455. The normalized spacial score (nSPS) is 22.9. The molecule has 1 N–H and O–H groups in total. The van der Waals surface area contributed by atoms with Crippen LogP contribution < -0.4 is 0 Å². The number of aliphatic hydroxyl groups is 1. The predicted octanol–water partition coefficient (Wildman–Crippen LogP) is 2.08. The molecule has 0 spiro atoms. The molecule has 0 heterocycles. The van der Waals surface area contributed by atoms with Gasteiger partial charge in [0.05, 0.1) is 24.1 Å². The van der Waals surface area contributed by atoms with Gasteiger partial charge >= 0.3 is 0 Å². The van der Waals surface area contributed by atoms with Crippen molar-refractivity contribution in [1.29, 1.82) is 0 Å². The second kappa shape index (κ2) is 8.24. The second-order valence-corrected chi connectivity index (χ2v) is 5.78. The van der Waals surface area contributed by atoms with E-state index in [2.05, 4.69) is 26.2 Å². The summed E-state index contributed by atoms with van der Waals surface area (Å²) in [5.74, 6) is 0.202. The van der Waals surface area contributed by atoms with Gasteiger partial charge in [-0.15, -0.1) is 11.6 Å². The molecule has 102 valence electrons. The van der Waals surface area contributed by atoms with Crippen LogP contribution in [0.4, 0.5) is 0 Å². The molecule has 7 heteroatoms. The number of hydrogen-bond acceptors (Lipinski definition) is 4. The Morgan fingerprint density at radius 3 is 2.72 bits per heavy atom. The van der Waals surface area contributed by atoms with Gasteiger partial charge in [0.1, 0.15) is 0 Å². The summed E-state index contributed by atoms with van der Waals surface area (Å²) in [5.41, 5.74) is 2.34. The molecule has 2 rings (SSSR count). The van der Waals surface area contributed by atoms with Crippen molar-refractivity contribution in [3.8, 4) is 0 Å². The van der Waals surface area contributed by atoms with E-state index in [1.807, 2.05) is 18.2 Å². The van der Waals surface area contributed by atoms with Crippen molar-refractivity contribution in [3.05, 3.63) is 35.4 Å². The molecule has 0 aliphatic heterocycles. The van der Waals surface area contributed by atoms with Crippen LogP contribution in [-0.2, 0) is 22.0 Å². The van der Waals surface area contributed by atoms with Crippen LogP contribution in [0.25, 0.3) is 0 Å². The minimum absolute atomic E-state index is 0.0532. The van der Waals surface area contributed by atoms with E-state index in [1.54, 1.807) is 0 Å². The summed E-state index contributed by atoms with van der Waals surface area (Å²) in [7, 11) is 0. The summed E-state index contributed by atoms with van der Waals surface area (Å²) < 4.78 is 22.9. The topological polar surface area (TPSA) is 69.6 Å². The number of benzene rings is 1. The largest absolute Gasteiger partial charge is 0.750 e. The molecule has 0 fully saturated rings. The van der Waals surface area contributed by atoms with Crippen molar-refractivity contribution in [2.75, 3.05) is 12.5 Å². The summed E-state index contributed by atoms with van der Waals surface area (Å²) in [6, 6.07) is 8.03. The maximum absolute atomic E-state index is 9.60. The third-order valence-corrected chi connectivity index (χ3v) is 3.73. The first-order chi connectivity index (χ1) is 8.56. The fourth-order valence-electron chi connectivity index (χ4n) is 1.62. The van der Waals surface area contributed by atoms with Gasteiger partial charge in [-0.2, -0.15) is 0 Å². The highest BCUT2D eigenvalue weighted by Crippen LogP contribution is 2.35. The van der Waals surface area contributed by atoms with Crippen LogP contribution in [0.2, 0.25) is 0 Å². The molecule has 3 unspecified atom stereocenters. The van der Waals surface area contributed by atoms with Crippen LogP contribution in [-0.4, -0.2) is 31.2 Å². The maximum Gasteiger partial charge on any atom is 0.0920 e. The van der Waals surface area contributed by atoms with Crippen LogP contribution >= 0.6 is 27.5 Å². The second-order valence-electron chi connectivity index (χ2n) is 3.58. The Morgan fingerprint density at radius 1 is 1.56 bits per heavy atom. The van der Waals surface area contributed by atoms with Crippen LogP contribution in [0.15, 0.2) is 24.3 Å². The highest BCUT2D eigenvalue weighted by Gasteiger charge is 2.27. The van der Waals surface area contributed by atoms with E-state index in [-0.39, 0.29) is 23.4 Å². The van der Waals surface area contributed by atoms with Crippen molar-refractivity contribution in [1.82, 2.24) is 0 Å². The van der Waals surface area contributed by atoms with Gasteiger partial charge in [-0.25, -0.2) is 4.21 Å². The van der Waals surface area contributed by atoms with Crippen LogP contribution in [0.5, 0.6) is 0 Å². The molecule has 0 saturated heterocycles. The van der Waals surface area contributed by atoms with Gasteiger partial charge in [-0.05, 0) is 17.5 Å². The molecule has 0 saturated carbocycles. The third kappa shape index (κ3) is 4.95. The lowest BCUT2D eigenvalue weighted by atomic mass is 10.1. The van der Waals surface area contributed by atoms with Crippen molar-refractivity contribution in [2.24, 2.45) is 0 Å². The van der Waals surface area contributed by atoms with Crippen molar-refractivity contribution in [2.45, 2.75) is 17.4 Å². The van der Waals surface area contributed by atoms with E-state index < -0.39 is 11.4 Å². The smallest absolute Gasteiger partial charge is 0.0920 e. The number of aliphatic hydroxyl groups excluding tert-OH is 1.